The Balaban J connectivity index is 1.74. The van der Waals surface area contributed by atoms with Gasteiger partial charge in [-0.2, -0.15) is 0 Å². The number of hydrogen-bond donors (Lipinski definition) is 1. The third-order valence-electron chi connectivity index (χ3n) is 5.14. The van der Waals surface area contributed by atoms with Crippen molar-refractivity contribution in [3.8, 4) is 0 Å². The lowest BCUT2D eigenvalue weighted by atomic mass is 9.94. The van der Waals surface area contributed by atoms with Crippen molar-refractivity contribution in [2.45, 2.75) is 58.0 Å². The largest absolute Gasteiger partial charge is 0.464 e. The van der Waals surface area contributed by atoms with E-state index < -0.39 is 5.97 Å². The lowest BCUT2D eigenvalue weighted by Crippen LogP contribution is -2.43. The van der Waals surface area contributed by atoms with Gasteiger partial charge in [-0.25, -0.2) is 14.6 Å². The predicted molar refractivity (Wildman–Crippen MR) is 111 cm³/mol. The highest BCUT2D eigenvalue weighted by Crippen LogP contribution is 2.26. The van der Waals surface area contributed by atoms with Gasteiger partial charge in [0.1, 0.15) is 5.01 Å². The third kappa shape index (κ3) is 5.10. The number of nitrogens with zero attached hydrogens (tertiary/aromatic N) is 2. The van der Waals surface area contributed by atoms with E-state index in [1.165, 1.54) is 30.4 Å². The number of anilines is 1. The monoisotopic (exact) mass is 401 g/mol. The summed E-state index contributed by atoms with van der Waals surface area (Å²) in [6.45, 7) is 2.50. The summed E-state index contributed by atoms with van der Waals surface area (Å²) in [7, 11) is 1.34. The number of urea groups is 1. The molecule has 2 amide bonds. The van der Waals surface area contributed by atoms with E-state index in [1.807, 2.05) is 29.2 Å². The Kier molecular flexibility index (Phi) is 7.03. The average Bonchev–Trinajstić information content (AvgIpc) is 3.21. The molecule has 3 rings (SSSR count). The molecule has 1 aliphatic carbocycles. The third-order valence-corrected chi connectivity index (χ3v) is 5.98. The Bertz CT molecular complexity index is 797. The lowest BCUT2D eigenvalue weighted by molar-refractivity contribution is 0.0594. The lowest BCUT2D eigenvalue weighted by Gasteiger charge is -2.33. The van der Waals surface area contributed by atoms with Crippen LogP contribution in [-0.2, 0) is 17.7 Å². The molecule has 0 bridgehead atoms. The van der Waals surface area contributed by atoms with Crippen LogP contribution in [0, 0.1) is 0 Å². The molecule has 7 heteroatoms. The first kappa shape index (κ1) is 20.3. The van der Waals surface area contributed by atoms with Gasteiger partial charge in [0.15, 0.2) is 5.69 Å². The molecule has 0 unspecified atom stereocenters. The van der Waals surface area contributed by atoms with Gasteiger partial charge in [0.05, 0.1) is 13.7 Å². The molecular weight excluding hydrogens is 374 g/mol. The molecule has 0 aliphatic heterocycles. The second kappa shape index (κ2) is 9.68. The van der Waals surface area contributed by atoms with Crippen LogP contribution in [0.4, 0.5) is 10.5 Å². The van der Waals surface area contributed by atoms with Gasteiger partial charge >= 0.3 is 12.0 Å². The molecule has 1 heterocycles. The van der Waals surface area contributed by atoms with Crippen LogP contribution in [0.3, 0.4) is 0 Å². The van der Waals surface area contributed by atoms with Gasteiger partial charge in [-0.05, 0) is 37.0 Å². The number of benzene rings is 1. The number of aryl methyl sites for hydroxylation is 1. The van der Waals surface area contributed by atoms with E-state index in [1.54, 1.807) is 5.38 Å². The van der Waals surface area contributed by atoms with Gasteiger partial charge in [0, 0.05) is 17.1 Å². The van der Waals surface area contributed by atoms with E-state index in [-0.39, 0.29) is 12.1 Å². The smallest absolute Gasteiger partial charge is 0.357 e. The fourth-order valence-electron chi connectivity index (χ4n) is 3.51. The summed E-state index contributed by atoms with van der Waals surface area (Å²) in [6, 6.07) is 8.01. The molecule has 1 aromatic heterocycles. The Hall–Kier alpha value is -2.41. The van der Waals surface area contributed by atoms with Gasteiger partial charge in [-0.15, -0.1) is 11.3 Å². The highest BCUT2D eigenvalue weighted by molar-refractivity contribution is 7.09. The molecule has 2 aromatic rings. The van der Waals surface area contributed by atoms with E-state index in [0.717, 1.165) is 42.8 Å². The second-order valence-corrected chi connectivity index (χ2v) is 7.96. The van der Waals surface area contributed by atoms with Crippen molar-refractivity contribution < 1.29 is 14.3 Å². The Labute approximate surface area is 169 Å². The molecule has 6 nitrogen and oxygen atoms in total. The number of rotatable bonds is 6. The number of carbonyl (C=O) groups is 2. The van der Waals surface area contributed by atoms with Crippen LogP contribution in [0.25, 0.3) is 0 Å². The van der Waals surface area contributed by atoms with Crippen molar-refractivity contribution >= 4 is 29.0 Å². The normalized spacial score (nSPS) is 14.5. The second-order valence-electron chi connectivity index (χ2n) is 7.02. The van der Waals surface area contributed by atoms with E-state index >= 15 is 0 Å². The zero-order valence-electron chi connectivity index (χ0n) is 16.4. The fraction of sp³-hybridized carbons (Fsp3) is 0.476. The average molecular weight is 402 g/mol. The van der Waals surface area contributed by atoms with Gasteiger partial charge in [0.25, 0.3) is 0 Å². The zero-order chi connectivity index (χ0) is 19.9. The molecule has 28 heavy (non-hydrogen) atoms. The number of methoxy groups -OCH3 is 1. The molecule has 1 aromatic carbocycles. The summed E-state index contributed by atoms with van der Waals surface area (Å²) in [5, 5.41) is 5.44. The van der Waals surface area contributed by atoms with Crippen LogP contribution < -0.4 is 5.32 Å². The van der Waals surface area contributed by atoms with Crippen LogP contribution in [0.2, 0.25) is 0 Å². The highest BCUT2D eigenvalue weighted by atomic mass is 32.1. The number of nitrogens with one attached hydrogen (secondary N) is 1. The predicted octanol–water partition coefficient (Wildman–Crippen LogP) is 4.86. The number of ether oxygens (including phenoxy) is 1. The number of esters is 1. The van der Waals surface area contributed by atoms with Gasteiger partial charge in [0.2, 0.25) is 0 Å². The topological polar surface area (TPSA) is 71.5 Å². The number of carbonyl (C=O) groups excluding carboxylic acids is 2. The van der Waals surface area contributed by atoms with Crippen molar-refractivity contribution in [2.24, 2.45) is 0 Å². The summed E-state index contributed by atoms with van der Waals surface area (Å²) in [5.41, 5.74) is 2.32. The molecule has 0 saturated heterocycles. The first-order chi connectivity index (χ1) is 13.6. The van der Waals surface area contributed by atoms with Crippen LogP contribution in [0.1, 0.15) is 60.1 Å². The Morgan fingerprint density at radius 2 is 1.93 bits per heavy atom. The minimum Gasteiger partial charge on any atom is -0.464 e. The molecule has 1 fully saturated rings. The fourth-order valence-corrected chi connectivity index (χ4v) is 4.27. The maximum absolute atomic E-state index is 13.1. The van der Waals surface area contributed by atoms with Gasteiger partial charge < -0.3 is 15.0 Å². The van der Waals surface area contributed by atoms with E-state index in [2.05, 4.69) is 17.2 Å². The Morgan fingerprint density at radius 1 is 1.21 bits per heavy atom. The van der Waals surface area contributed by atoms with E-state index in [9.17, 15) is 9.59 Å². The number of aromatic nitrogens is 1. The first-order valence-corrected chi connectivity index (χ1v) is 10.7. The van der Waals surface area contributed by atoms with Crippen molar-refractivity contribution in [1.82, 2.24) is 9.88 Å². The van der Waals surface area contributed by atoms with Crippen LogP contribution in [-0.4, -0.2) is 35.0 Å². The van der Waals surface area contributed by atoms with E-state index in [4.69, 9.17) is 4.74 Å². The molecule has 1 saturated carbocycles. The molecule has 1 aliphatic rings. The van der Waals surface area contributed by atoms with Crippen molar-refractivity contribution in [3.05, 3.63) is 45.9 Å². The number of hydrogen-bond acceptors (Lipinski definition) is 5. The standard InChI is InChI=1S/C21H27N3O3S/c1-3-15-9-11-16(12-10-15)22-21(26)24(17-7-5-4-6-8-17)13-19-23-18(14-28-19)20(25)27-2/h9-12,14,17H,3-8,13H2,1-2H3,(H,22,26). The van der Waals surface area contributed by atoms with Crippen LogP contribution in [0.15, 0.2) is 29.6 Å². The summed E-state index contributed by atoms with van der Waals surface area (Å²) in [6.07, 6.45) is 6.44. The van der Waals surface area contributed by atoms with Gasteiger partial charge in [-0.1, -0.05) is 38.3 Å². The maximum atomic E-state index is 13.1. The molecule has 150 valence electrons. The van der Waals surface area contributed by atoms with Crippen molar-refractivity contribution in [3.63, 3.8) is 0 Å². The molecule has 0 radical (unpaired) electrons. The van der Waals surface area contributed by atoms with Crippen LogP contribution in [0.5, 0.6) is 0 Å². The molecular formula is C21H27N3O3S. The SMILES string of the molecule is CCc1ccc(NC(=O)N(Cc2nc(C(=O)OC)cs2)C2CCCCC2)cc1. The summed E-state index contributed by atoms with van der Waals surface area (Å²) in [4.78, 5) is 31.0. The van der Waals surface area contributed by atoms with Crippen molar-refractivity contribution in [1.29, 1.82) is 0 Å². The maximum Gasteiger partial charge on any atom is 0.357 e. The minimum atomic E-state index is -0.452. The van der Waals surface area contributed by atoms with Gasteiger partial charge in [-0.3, -0.25) is 0 Å². The summed E-state index contributed by atoms with van der Waals surface area (Å²) < 4.78 is 4.73. The Morgan fingerprint density at radius 3 is 2.57 bits per heavy atom. The summed E-state index contributed by atoms with van der Waals surface area (Å²) >= 11 is 1.38. The number of thiazole rings is 1. The minimum absolute atomic E-state index is 0.119. The number of amides is 2. The highest BCUT2D eigenvalue weighted by Gasteiger charge is 2.27. The molecule has 1 N–H and O–H groups in total. The molecule has 0 spiro atoms. The summed E-state index contributed by atoms with van der Waals surface area (Å²) in [5.74, 6) is -0.452. The van der Waals surface area contributed by atoms with Crippen molar-refractivity contribution in [2.75, 3.05) is 12.4 Å². The molecule has 0 atom stereocenters. The van der Waals surface area contributed by atoms with Crippen LogP contribution >= 0.6 is 11.3 Å². The quantitative estimate of drug-likeness (QED) is 0.702. The first-order valence-electron chi connectivity index (χ1n) is 9.80. The van der Waals surface area contributed by atoms with E-state index in [0.29, 0.717) is 12.2 Å². The zero-order valence-corrected chi connectivity index (χ0v) is 17.3.